The van der Waals surface area contributed by atoms with Crippen molar-refractivity contribution in [2.45, 2.75) is 56.5 Å². The second-order valence-corrected chi connectivity index (χ2v) is 11.6. The van der Waals surface area contributed by atoms with E-state index in [4.69, 9.17) is 4.74 Å². The molecule has 0 bridgehead atoms. The number of benzene rings is 1. The van der Waals surface area contributed by atoms with E-state index in [1.165, 1.54) is 0 Å². The van der Waals surface area contributed by atoms with Crippen LogP contribution in [-0.4, -0.2) is 36.0 Å². The monoisotopic (exact) mass is 478 g/mol. The zero-order valence-corrected chi connectivity index (χ0v) is 20.6. The van der Waals surface area contributed by atoms with Crippen LogP contribution in [0.15, 0.2) is 60.9 Å². The molecular formula is C27H30N2O4S. The summed E-state index contributed by atoms with van der Waals surface area (Å²) in [5, 5.41) is -0.229. The Kier molecular flexibility index (Phi) is 6.84. The Labute approximate surface area is 201 Å². The largest absolute Gasteiger partial charge is 0.492 e. The van der Waals surface area contributed by atoms with Gasteiger partial charge in [0, 0.05) is 18.2 Å². The van der Waals surface area contributed by atoms with E-state index < -0.39 is 15.3 Å². The fourth-order valence-electron chi connectivity index (χ4n) is 3.85. The molecule has 178 valence electrons. The van der Waals surface area contributed by atoms with Gasteiger partial charge in [0.05, 0.1) is 40.6 Å². The Morgan fingerprint density at radius 3 is 2.47 bits per heavy atom. The van der Waals surface area contributed by atoms with Gasteiger partial charge >= 0.3 is 0 Å². The fraction of sp³-hybridized carbons (Fsp3) is 0.370. The third-order valence-corrected chi connectivity index (χ3v) is 8.39. The highest BCUT2D eigenvalue weighted by Crippen LogP contribution is 2.31. The molecule has 0 N–H and O–H groups in total. The summed E-state index contributed by atoms with van der Waals surface area (Å²) in [7, 11) is -3.16. The number of Topliss-reactive ketones (excluding diaryl/α,β-unsaturated/α-hetero) is 1. The fourth-order valence-corrected chi connectivity index (χ4v) is 5.51. The van der Waals surface area contributed by atoms with Gasteiger partial charge in [0.1, 0.15) is 11.5 Å². The Morgan fingerprint density at radius 1 is 1.06 bits per heavy atom. The van der Waals surface area contributed by atoms with Gasteiger partial charge in [-0.05, 0) is 62.9 Å². The molecule has 6 nitrogen and oxygen atoms in total. The SMILES string of the molecule is CCOc1cncc(-c2ccc(CC(=O)C(C)(C)c3cccc(CS(=O)(=O)C4CC4)n3)cc2)c1. The maximum atomic E-state index is 13.2. The smallest absolute Gasteiger partial charge is 0.158 e. The zero-order chi connectivity index (χ0) is 24.3. The molecule has 34 heavy (non-hydrogen) atoms. The number of rotatable bonds is 10. The number of ketones is 1. The maximum Gasteiger partial charge on any atom is 0.158 e. The van der Waals surface area contributed by atoms with Crippen molar-refractivity contribution in [3.05, 3.63) is 77.9 Å². The molecule has 7 heteroatoms. The minimum Gasteiger partial charge on any atom is -0.492 e. The lowest BCUT2D eigenvalue weighted by atomic mass is 9.81. The summed E-state index contributed by atoms with van der Waals surface area (Å²) < 4.78 is 30.3. The minimum absolute atomic E-state index is 0.0231. The lowest BCUT2D eigenvalue weighted by molar-refractivity contribution is -0.122. The molecule has 0 radical (unpaired) electrons. The van der Waals surface area contributed by atoms with Crippen molar-refractivity contribution < 1.29 is 17.9 Å². The number of pyridine rings is 2. The van der Waals surface area contributed by atoms with Gasteiger partial charge < -0.3 is 4.74 Å². The molecule has 4 rings (SSSR count). The topological polar surface area (TPSA) is 86.2 Å². The highest BCUT2D eigenvalue weighted by Gasteiger charge is 2.36. The van der Waals surface area contributed by atoms with Crippen LogP contribution in [0.1, 0.15) is 50.6 Å². The Bertz CT molecular complexity index is 1280. The molecule has 0 aliphatic heterocycles. The van der Waals surface area contributed by atoms with Crippen molar-refractivity contribution in [2.75, 3.05) is 6.61 Å². The lowest BCUT2D eigenvalue weighted by Gasteiger charge is -2.23. The molecule has 1 aliphatic rings. The number of hydrogen-bond donors (Lipinski definition) is 0. The minimum atomic E-state index is -3.16. The van der Waals surface area contributed by atoms with Crippen molar-refractivity contribution in [2.24, 2.45) is 0 Å². The van der Waals surface area contributed by atoms with Crippen LogP contribution < -0.4 is 4.74 Å². The van der Waals surface area contributed by atoms with Crippen LogP contribution >= 0.6 is 0 Å². The van der Waals surface area contributed by atoms with Crippen molar-refractivity contribution in [3.8, 4) is 16.9 Å². The van der Waals surface area contributed by atoms with E-state index >= 15 is 0 Å². The molecular weight excluding hydrogens is 448 g/mol. The van der Waals surface area contributed by atoms with E-state index in [-0.39, 0.29) is 23.2 Å². The standard InChI is InChI=1S/C27H30N2O4S/c1-4-33-23-15-21(16-28-17-23)20-10-8-19(9-11-20)14-26(30)27(2,3)25-7-5-6-22(29-25)18-34(31,32)24-12-13-24/h5-11,15-17,24H,4,12-14,18H2,1-3H3. The Hall–Kier alpha value is -3.06. The summed E-state index contributed by atoms with van der Waals surface area (Å²) in [6.45, 7) is 6.20. The summed E-state index contributed by atoms with van der Waals surface area (Å²) >= 11 is 0. The highest BCUT2D eigenvalue weighted by atomic mass is 32.2. The second-order valence-electron chi connectivity index (χ2n) is 9.28. The van der Waals surface area contributed by atoms with Crippen molar-refractivity contribution in [1.29, 1.82) is 0 Å². The molecule has 0 atom stereocenters. The van der Waals surface area contributed by atoms with Crippen LogP contribution in [0.4, 0.5) is 0 Å². The highest BCUT2D eigenvalue weighted by molar-refractivity contribution is 7.91. The van der Waals surface area contributed by atoms with Crippen LogP contribution in [-0.2, 0) is 32.2 Å². The molecule has 2 heterocycles. The normalized spacial score (nSPS) is 14.1. The first-order chi connectivity index (χ1) is 16.2. The number of carbonyl (C=O) groups excluding carboxylic acids is 1. The average molecular weight is 479 g/mol. The molecule has 1 aliphatic carbocycles. The third-order valence-electron chi connectivity index (χ3n) is 6.20. The van der Waals surface area contributed by atoms with E-state index in [0.29, 0.717) is 18.0 Å². The van der Waals surface area contributed by atoms with Gasteiger partial charge in [-0.2, -0.15) is 0 Å². The molecule has 0 spiro atoms. The van der Waals surface area contributed by atoms with E-state index in [1.807, 2.05) is 51.1 Å². The first-order valence-electron chi connectivity index (χ1n) is 11.6. The third kappa shape index (κ3) is 5.53. The number of aromatic nitrogens is 2. The van der Waals surface area contributed by atoms with Crippen LogP contribution in [0.25, 0.3) is 11.1 Å². The van der Waals surface area contributed by atoms with Gasteiger partial charge in [0.2, 0.25) is 0 Å². The Balaban J connectivity index is 1.46. The van der Waals surface area contributed by atoms with E-state index in [1.54, 1.807) is 30.6 Å². The molecule has 0 saturated heterocycles. The first kappa shape index (κ1) is 24.1. The number of ether oxygens (including phenoxy) is 1. The lowest BCUT2D eigenvalue weighted by Crippen LogP contribution is -2.32. The summed E-state index contributed by atoms with van der Waals surface area (Å²) in [5.74, 6) is 0.673. The van der Waals surface area contributed by atoms with Gasteiger partial charge in [0.15, 0.2) is 9.84 Å². The van der Waals surface area contributed by atoms with Gasteiger partial charge in [-0.3, -0.25) is 14.8 Å². The predicted molar refractivity (Wildman–Crippen MR) is 132 cm³/mol. The van der Waals surface area contributed by atoms with Crippen molar-refractivity contribution >= 4 is 15.6 Å². The van der Waals surface area contributed by atoms with Gasteiger partial charge in [-0.25, -0.2) is 8.42 Å². The molecule has 0 amide bonds. The summed E-state index contributed by atoms with van der Waals surface area (Å²) in [5.41, 5.74) is 3.10. The number of nitrogens with zero attached hydrogens (tertiary/aromatic N) is 2. The van der Waals surface area contributed by atoms with Crippen molar-refractivity contribution in [3.63, 3.8) is 0 Å². The summed E-state index contributed by atoms with van der Waals surface area (Å²) in [4.78, 5) is 22.0. The predicted octanol–water partition coefficient (Wildman–Crippen LogP) is 4.71. The van der Waals surface area contributed by atoms with Gasteiger partial charge in [0.25, 0.3) is 0 Å². The molecule has 0 unspecified atom stereocenters. The van der Waals surface area contributed by atoms with Gasteiger partial charge in [-0.15, -0.1) is 0 Å². The van der Waals surface area contributed by atoms with Crippen LogP contribution in [0, 0.1) is 0 Å². The molecule has 1 saturated carbocycles. The Morgan fingerprint density at radius 2 is 1.79 bits per heavy atom. The zero-order valence-electron chi connectivity index (χ0n) is 19.8. The number of sulfone groups is 1. The van der Waals surface area contributed by atoms with Crippen LogP contribution in [0.5, 0.6) is 5.75 Å². The second kappa shape index (κ2) is 9.66. The molecule has 1 fully saturated rings. The molecule has 1 aromatic carbocycles. The van der Waals surface area contributed by atoms with Crippen LogP contribution in [0.2, 0.25) is 0 Å². The first-order valence-corrected chi connectivity index (χ1v) is 13.3. The van der Waals surface area contributed by atoms with E-state index in [2.05, 4.69) is 9.97 Å². The summed E-state index contributed by atoms with van der Waals surface area (Å²) in [6.07, 6.45) is 5.20. The van der Waals surface area contributed by atoms with Crippen LogP contribution in [0.3, 0.4) is 0 Å². The average Bonchev–Trinajstić information content (AvgIpc) is 3.66. The molecule has 3 aromatic rings. The van der Waals surface area contributed by atoms with E-state index in [9.17, 15) is 13.2 Å². The summed E-state index contributed by atoms with van der Waals surface area (Å²) in [6, 6.07) is 15.1. The van der Waals surface area contributed by atoms with Gasteiger partial charge in [-0.1, -0.05) is 30.3 Å². The van der Waals surface area contributed by atoms with Crippen molar-refractivity contribution in [1.82, 2.24) is 9.97 Å². The number of hydrogen-bond acceptors (Lipinski definition) is 6. The van der Waals surface area contributed by atoms with E-state index in [0.717, 1.165) is 35.3 Å². The molecule has 2 aromatic heterocycles. The quantitative estimate of drug-likeness (QED) is 0.420. The maximum absolute atomic E-state index is 13.2. The number of carbonyl (C=O) groups is 1.